The number of carboxylic acids is 1. The topological polar surface area (TPSA) is 99.8 Å². The van der Waals surface area contributed by atoms with Gasteiger partial charge in [0.2, 0.25) is 11.7 Å². The van der Waals surface area contributed by atoms with Crippen LogP contribution in [0, 0.1) is 0 Å². The van der Waals surface area contributed by atoms with Crippen LogP contribution in [-0.4, -0.2) is 39.9 Å². The molecule has 2 amide bonds. The molecule has 0 saturated carbocycles. The molecule has 1 unspecified atom stereocenters. The Morgan fingerprint density at radius 1 is 1.19 bits per heavy atom. The molecule has 0 spiro atoms. The fraction of sp³-hybridized carbons (Fsp3) is 0.316. The zero-order valence-corrected chi connectivity index (χ0v) is 14.4. The molecule has 26 heavy (non-hydrogen) atoms. The van der Waals surface area contributed by atoms with Crippen LogP contribution in [-0.2, 0) is 11.3 Å². The van der Waals surface area contributed by atoms with Crippen molar-refractivity contribution in [2.45, 2.75) is 31.8 Å². The largest absolute Gasteiger partial charge is 0.475 e. The van der Waals surface area contributed by atoms with E-state index in [9.17, 15) is 14.4 Å². The van der Waals surface area contributed by atoms with Crippen molar-refractivity contribution in [3.05, 3.63) is 59.5 Å². The molecule has 7 nitrogen and oxygen atoms in total. The van der Waals surface area contributed by atoms with Crippen LogP contribution in [0.25, 0.3) is 0 Å². The molecular formula is C19H20N2O5. The molecular weight excluding hydrogens is 336 g/mol. The second-order valence-electron chi connectivity index (χ2n) is 6.45. The number of carboxylic acid groups (broad SMARTS) is 1. The molecule has 3 rings (SSSR count). The van der Waals surface area contributed by atoms with Crippen LogP contribution < -0.4 is 5.32 Å². The fourth-order valence-corrected chi connectivity index (χ4v) is 3.21. The summed E-state index contributed by atoms with van der Waals surface area (Å²) in [6, 6.07) is 11.7. The highest BCUT2D eigenvalue weighted by atomic mass is 16.4. The normalized spacial score (nSPS) is 19.3. The van der Waals surface area contributed by atoms with Crippen molar-refractivity contribution in [1.82, 2.24) is 10.2 Å². The van der Waals surface area contributed by atoms with Gasteiger partial charge in [-0.1, -0.05) is 18.2 Å². The molecule has 1 aliphatic rings. The molecule has 2 N–H and O–H groups in total. The Labute approximate surface area is 150 Å². The van der Waals surface area contributed by atoms with Gasteiger partial charge in [-0.05, 0) is 44.0 Å². The number of furan rings is 1. The molecule has 1 aliphatic heterocycles. The summed E-state index contributed by atoms with van der Waals surface area (Å²) in [7, 11) is 0. The second kappa shape index (κ2) is 7.03. The Morgan fingerprint density at radius 3 is 2.58 bits per heavy atom. The van der Waals surface area contributed by atoms with Crippen molar-refractivity contribution < 1.29 is 23.9 Å². The van der Waals surface area contributed by atoms with Crippen LogP contribution in [0.15, 0.2) is 46.9 Å². The number of nitrogens with one attached hydrogen (secondary N) is 1. The van der Waals surface area contributed by atoms with Crippen molar-refractivity contribution in [2.75, 3.05) is 6.54 Å². The minimum absolute atomic E-state index is 0.0646. The number of carbonyl (C=O) groups is 3. The van der Waals surface area contributed by atoms with Gasteiger partial charge in [-0.15, -0.1) is 0 Å². The van der Waals surface area contributed by atoms with E-state index in [4.69, 9.17) is 9.52 Å². The van der Waals surface area contributed by atoms with Crippen LogP contribution in [0.5, 0.6) is 0 Å². The summed E-state index contributed by atoms with van der Waals surface area (Å²) < 4.78 is 5.14. The van der Waals surface area contributed by atoms with Gasteiger partial charge in [0.05, 0.1) is 6.54 Å². The van der Waals surface area contributed by atoms with Gasteiger partial charge in [0.25, 0.3) is 5.91 Å². The van der Waals surface area contributed by atoms with Crippen molar-refractivity contribution in [1.29, 1.82) is 0 Å². The lowest BCUT2D eigenvalue weighted by atomic mass is 9.96. The van der Waals surface area contributed by atoms with E-state index in [1.807, 2.05) is 6.07 Å². The van der Waals surface area contributed by atoms with Crippen molar-refractivity contribution in [2.24, 2.45) is 0 Å². The molecule has 1 saturated heterocycles. The van der Waals surface area contributed by atoms with E-state index in [0.29, 0.717) is 24.3 Å². The summed E-state index contributed by atoms with van der Waals surface area (Å²) in [5.74, 6) is -1.45. The zero-order chi connectivity index (χ0) is 18.7. The summed E-state index contributed by atoms with van der Waals surface area (Å²) in [6.45, 7) is 2.33. The lowest BCUT2D eigenvalue weighted by Crippen LogP contribution is -2.55. The first-order valence-electron chi connectivity index (χ1n) is 8.39. The smallest absolute Gasteiger partial charge is 0.371 e. The molecule has 2 aromatic rings. The predicted octanol–water partition coefficient (Wildman–Crippen LogP) is 2.29. The highest BCUT2D eigenvalue weighted by Crippen LogP contribution is 2.31. The van der Waals surface area contributed by atoms with E-state index in [2.05, 4.69) is 5.32 Å². The first-order chi connectivity index (χ1) is 12.4. The molecule has 1 fully saturated rings. The van der Waals surface area contributed by atoms with E-state index in [0.717, 1.165) is 6.42 Å². The van der Waals surface area contributed by atoms with Crippen molar-refractivity contribution in [3.8, 4) is 0 Å². The molecule has 0 aliphatic carbocycles. The van der Waals surface area contributed by atoms with E-state index in [1.54, 1.807) is 36.1 Å². The molecule has 7 heteroatoms. The number of aromatic carboxylic acids is 1. The maximum absolute atomic E-state index is 12.8. The summed E-state index contributed by atoms with van der Waals surface area (Å²) in [5, 5.41) is 11.6. The van der Waals surface area contributed by atoms with Crippen LogP contribution >= 0.6 is 0 Å². The number of likely N-dealkylation sites (tertiary alicyclic amines) is 1. The van der Waals surface area contributed by atoms with Crippen LogP contribution in [0.2, 0.25) is 0 Å². The standard InChI is InChI=1S/C19H20N2O5/c1-19(18(25)20-12-14-8-9-15(26-14)17(23)24)10-5-11-21(19)16(22)13-6-3-2-4-7-13/h2-4,6-9H,5,10-12H2,1H3,(H,20,25)(H,23,24). The number of carbonyl (C=O) groups excluding carboxylic acids is 2. The second-order valence-corrected chi connectivity index (χ2v) is 6.45. The van der Waals surface area contributed by atoms with Gasteiger partial charge in [0, 0.05) is 12.1 Å². The molecule has 0 bridgehead atoms. The number of nitrogens with zero attached hydrogens (tertiary/aromatic N) is 1. The van der Waals surface area contributed by atoms with Gasteiger partial charge in [0.1, 0.15) is 11.3 Å². The van der Waals surface area contributed by atoms with Gasteiger partial charge in [0.15, 0.2) is 0 Å². The lowest BCUT2D eigenvalue weighted by molar-refractivity contribution is -0.130. The van der Waals surface area contributed by atoms with Crippen LogP contribution in [0.4, 0.5) is 0 Å². The monoisotopic (exact) mass is 356 g/mol. The summed E-state index contributed by atoms with van der Waals surface area (Å²) in [6.07, 6.45) is 1.31. The van der Waals surface area contributed by atoms with Gasteiger partial charge < -0.3 is 19.7 Å². The third-order valence-electron chi connectivity index (χ3n) is 4.69. The van der Waals surface area contributed by atoms with E-state index >= 15 is 0 Å². The molecule has 1 aromatic heterocycles. The highest BCUT2D eigenvalue weighted by Gasteiger charge is 2.45. The molecule has 0 radical (unpaired) electrons. The van der Waals surface area contributed by atoms with Gasteiger partial charge >= 0.3 is 5.97 Å². The Morgan fingerprint density at radius 2 is 1.92 bits per heavy atom. The Balaban J connectivity index is 1.70. The van der Waals surface area contributed by atoms with Crippen molar-refractivity contribution in [3.63, 3.8) is 0 Å². The summed E-state index contributed by atoms with van der Waals surface area (Å²) in [5.41, 5.74) is -0.402. The lowest BCUT2D eigenvalue weighted by Gasteiger charge is -2.34. The molecule has 136 valence electrons. The third-order valence-corrected chi connectivity index (χ3v) is 4.69. The third kappa shape index (κ3) is 3.33. The quantitative estimate of drug-likeness (QED) is 0.856. The molecule has 2 heterocycles. The van der Waals surface area contributed by atoms with Crippen molar-refractivity contribution >= 4 is 17.8 Å². The first kappa shape index (κ1) is 17.7. The number of amides is 2. The van der Waals surface area contributed by atoms with Crippen LogP contribution in [0.3, 0.4) is 0 Å². The van der Waals surface area contributed by atoms with Gasteiger partial charge in [-0.2, -0.15) is 0 Å². The minimum Gasteiger partial charge on any atom is -0.475 e. The average molecular weight is 356 g/mol. The van der Waals surface area contributed by atoms with Gasteiger partial charge in [-0.3, -0.25) is 9.59 Å². The summed E-state index contributed by atoms with van der Waals surface area (Å²) >= 11 is 0. The Kier molecular flexibility index (Phi) is 4.79. The zero-order valence-electron chi connectivity index (χ0n) is 14.4. The number of benzene rings is 1. The van der Waals surface area contributed by atoms with E-state index < -0.39 is 11.5 Å². The Bertz CT molecular complexity index is 829. The molecule has 1 atom stereocenters. The van der Waals surface area contributed by atoms with E-state index in [1.165, 1.54) is 12.1 Å². The fourth-order valence-electron chi connectivity index (χ4n) is 3.21. The maximum atomic E-state index is 12.8. The average Bonchev–Trinajstić information content (AvgIpc) is 3.27. The summed E-state index contributed by atoms with van der Waals surface area (Å²) in [4.78, 5) is 38.0. The predicted molar refractivity (Wildman–Crippen MR) is 92.6 cm³/mol. The van der Waals surface area contributed by atoms with E-state index in [-0.39, 0.29) is 24.1 Å². The van der Waals surface area contributed by atoms with Crippen LogP contribution in [0.1, 0.15) is 46.4 Å². The molecule has 1 aromatic carbocycles. The SMILES string of the molecule is CC1(C(=O)NCc2ccc(C(=O)O)o2)CCCN1C(=O)c1ccccc1. The first-order valence-corrected chi connectivity index (χ1v) is 8.39. The minimum atomic E-state index is -1.16. The Hall–Kier alpha value is -3.09. The van der Waals surface area contributed by atoms with Gasteiger partial charge in [-0.25, -0.2) is 4.79 Å². The number of hydrogen-bond donors (Lipinski definition) is 2. The highest BCUT2D eigenvalue weighted by molar-refractivity contribution is 5.99. The number of rotatable bonds is 5. The number of hydrogen-bond acceptors (Lipinski definition) is 4. The maximum Gasteiger partial charge on any atom is 0.371 e.